The van der Waals surface area contributed by atoms with Crippen molar-refractivity contribution in [2.24, 2.45) is 0 Å². The molecular weight excluding hydrogens is 334 g/mol. The summed E-state index contributed by atoms with van der Waals surface area (Å²) in [6, 6.07) is -0.0380. The van der Waals surface area contributed by atoms with Crippen LogP contribution in [0.25, 0.3) is 0 Å². The first-order valence-corrected chi connectivity index (χ1v) is 8.50. The van der Waals surface area contributed by atoms with Gasteiger partial charge in [-0.05, 0) is 31.4 Å². The molecule has 0 saturated heterocycles. The van der Waals surface area contributed by atoms with Crippen molar-refractivity contribution in [1.29, 1.82) is 0 Å². The minimum absolute atomic E-state index is 0.0380. The smallest absolute Gasteiger partial charge is 0.319 e. The summed E-state index contributed by atoms with van der Waals surface area (Å²) in [5, 5.41) is 6.81. The molecule has 0 aliphatic carbocycles. The van der Waals surface area contributed by atoms with Gasteiger partial charge in [-0.3, -0.25) is 9.78 Å². The number of hydrogen-bond acceptors (Lipinski definition) is 5. The van der Waals surface area contributed by atoms with Crippen LogP contribution < -0.4 is 5.32 Å². The number of carbonyl (C=O) groups excluding carboxylic acids is 2. The molecule has 3 heterocycles. The number of aryl methyl sites for hydroxylation is 2. The fourth-order valence-corrected chi connectivity index (χ4v) is 3.15. The van der Waals surface area contributed by atoms with E-state index in [0.717, 1.165) is 22.4 Å². The molecule has 26 heavy (non-hydrogen) atoms. The largest absolute Gasteiger partial charge is 0.361 e. The standard InChI is InChI=1S/C18H23N5O3/c1-11-15(12(2)26-21-11)9-20-17(24)16-8-19-7-13-10-23(6-5-14(13)16)18(25)22(3)4/h7-8H,5-6,9-10H2,1-4H3,(H,20,24). The molecule has 0 spiro atoms. The Morgan fingerprint density at radius 3 is 2.73 bits per heavy atom. The van der Waals surface area contributed by atoms with Crippen molar-refractivity contribution in [2.45, 2.75) is 33.4 Å². The van der Waals surface area contributed by atoms with Gasteiger partial charge in [0.15, 0.2) is 0 Å². The number of aromatic nitrogens is 2. The molecule has 0 fully saturated rings. The molecule has 2 aromatic heterocycles. The van der Waals surface area contributed by atoms with E-state index in [-0.39, 0.29) is 11.9 Å². The number of hydrogen-bond donors (Lipinski definition) is 1. The maximum absolute atomic E-state index is 12.7. The van der Waals surface area contributed by atoms with E-state index in [1.165, 1.54) is 0 Å². The summed E-state index contributed by atoms with van der Waals surface area (Å²) < 4.78 is 5.12. The molecule has 1 aliphatic heterocycles. The predicted molar refractivity (Wildman–Crippen MR) is 94.6 cm³/mol. The van der Waals surface area contributed by atoms with E-state index in [4.69, 9.17) is 4.52 Å². The highest BCUT2D eigenvalue weighted by atomic mass is 16.5. The minimum Gasteiger partial charge on any atom is -0.361 e. The van der Waals surface area contributed by atoms with Gasteiger partial charge in [-0.15, -0.1) is 0 Å². The van der Waals surface area contributed by atoms with Crippen LogP contribution in [-0.4, -0.2) is 52.5 Å². The third kappa shape index (κ3) is 3.40. The van der Waals surface area contributed by atoms with Gasteiger partial charge in [0.2, 0.25) is 0 Å². The van der Waals surface area contributed by atoms with Gasteiger partial charge in [0.05, 0.1) is 11.3 Å². The average Bonchev–Trinajstić information content (AvgIpc) is 2.95. The first-order valence-electron chi connectivity index (χ1n) is 8.50. The second-order valence-corrected chi connectivity index (χ2v) is 6.66. The highest BCUT2D eigenvalue weighted by Crippen LogP contribution is 2.22. The van der Waals surface area contributed by atoms with E-state index in [9.17, 15) is 9.59 Å². The van der Waals surface area contributed by atoms with Crippen LogP contribution in [0, 0.1) is 13.8 Å². The number of urea groups is 1. The molecule has 8 nitrogen and oxygen atoms in total. The number of nitrogens with zero attached hydrogens (tertiary/aromatic N) is 4. The Bertz CT molecular complexity index is 824. The number of rotatable bonds is 3. The molecule has 3 amide bonds. The molecule has 2 aromatic rings. The van der Waals surface area contributed by atoms with Crippen LogP contribution in [0.5, 0.6) is 0 Å². The Morgan fingerprint density at radius 2 is 2.08 bits per heavy atom. The highest BCUT2D eigenvalue weighted by molar-refractivity contribution is 5.95. The van der Waals surface area contributed by atoms with E-state index in [0.29, 0.717) is 37.4 Å². The van der Waals surface area contributed by atoms with E-state index >= 15 is 0 Å². The van der Waals surface area contributed by atoms with Gasteiger partial charge in [0, 0.05) is 51.7 Å². The van der Waals surface area contributed by atoms with Crippen molar-refractivity contribution in [3.63, 3.8) is 0 Å². The van der Waals surface area contributed by atoms with Gasteiger partial charge in [0.25, 0.3) is 5.91 Å². The van der Waals surface area contributed by atoms with Crippen LogP contribution >= 0.6 is 0 Å². The van der Waals surface area contributed by atoms with E-state index < -0.39 is 0 Å². The van der Waals surface area contributed by atoms with E-state index in [2.05, 4.69) is 15.5 Å². The molecule has 3 rings (SSSR count). The van der Waals surface area contributed by atoms with Gasteiger partial charge in [0.1, 0.15) is 5.76 Å². The van der Waals surface area contributed by atoms with Crippen molar-refractivity contribution in [3.05, 3.63) is 46.1 Å². The molecular formula is C18H23N5O3. The van der Waals surface area contributed by atoms with Crippen LogP contribution in [-0.2, 0) is 19.5 Å². The summed E-state index contributed by atoms with van der Waals surface area (Å²) in [6.45, 7) is 5.07. The third-order valence-corrected chi connectivity index (χ3v) is 4.64. The van der Waals surface area contributed by atoms with Crippen LogP contribution in [0.1, 0.15) is 38.5 Å². The Balaban J connectivity index is 1.75. The SMILES string of the molecule is Cc1noc(C)c1CNC(=O)c1cncc2c1CCN(C(=O)N(C)C)C2. The summed E-state index contributed by atoms with van der Waals surface area (Å²) in [5.74, 6) is 0.524. The second-order valence-electron chi connectivity index (χ2n) is 6.66. The number of amides is 3. The zero-order valence-corrected chi connectivity index (χ0v) is 15.5. The van der Waals surface area contributed by atoms with Gasteiger partial charge in [-0.2, -0.15) is 0 Å². The third-order valence-electron chi connectivity index (χ3n) is 4.64. The summed E-state index contributed by atoms with van der Waals surface area (Å²) in [4.78, 5) is 32.3. The lowest BCUT2D eigenvalue weighted by Gasteiger charge is -2.31. The first kappa shape index (κ1) is 17.9. The molecule has 8 heteroatoms. The van der Waals surface area contributed by atoms with Crippen LogP contribution in [0.15, 0.2) is 16.9 Å². The average molecular weight is 357 g/mol. The minimum atomic E-state index is -0.179. The molecule has 138 valence electrons. The lowest BCUT2D eigenvalue weighted by molar-refractivity contribution is 0.0948. The Kier molecular flexibility index (Phi) is 4.92. The number of fused-ring (bicyclic) bond motifs is 1. The highest BCUT2D eigenvalue weighted by Gasteiger charge is 2.25. The Labute approximate surface area is 152 Å². The first-order chi connectivity index (χ1) is 12.4. The normalized spacial score (nSPS) is 13.3. The van der Waals surface area contributed by atoms with Crippen molar-refractivity contribution in [3.8, 4) is 0 Å². The van der Waals surface area contributed by atoms with E-state index in [1.54, 1.807) is 36.3 Å². The monoisotopic (exact) mass is 357 g/mol. The number of carbonyl (C=O) groups is 2. The zero-order chi connectivity index (χ0) is 18.8. The van der Waals surface area contributed by atoms with Crippen LogP contribution in [0.4, 0.5) is 4.79 Å². The van der Waals surface area contributed by atoms with Crippen molar-refractivity contribution < 1.29 is 14.1 Å². The molecule has 0 unspecified atom stereocenters. The fraction of sp³-hybridized carbons (Fsp3) is 0.444. The second kappa shape index (κ2) is 7.15. The summed E-state index contributed by atoms with van der Waals surface area (Å²) in [6.07, 6.45) is 3.95. The predicted octanol–water partition coefficient (Wildman–Crippen LogP) is 1.66. The van der Waals surface area contributed by atoms with Crippen LogP contribution in [0.3, 0.4) is 0 Å². The fourth-order valence-electron chi connectivity index (χ4n) is 3.15. The maximum atomic E-state index is 12.7. The Morgan fingerprint density at radius 1 is 1.31 bits per heavy atom. The summed E-state index contributed by atoms with van der Waals surface area (Å²) in [7, 11) is 3.46. The summed E-state index contributed by atoms with van der Waals surface area (Å²) in [5.41, 5.74) is 4.09. The summed E-state index contributed by atoms with van der Waals surface area (Å²) >= 11 is 0. The lowest BCUT2D eigenvalue weighted by Crippen LogP contribution is -2.42. The lowest BCUT2D eigenvalue weighted by atomic mass is 9.96. The van der Waals surface area contributed by atoms with Crippen molar-refractivity contribution >= 4 is 11.9 Å². The molecule has 1 aliphatic rings. The number of pyridine rings is 1. The Hall–Kier alpha value is -2.90. The zero-order valence-electron chi connectivity index (χ0n) is 15.5. The van der Waals surface area contributed by atoms with Gasteiger partial charge in [-0.1, -0.05) is 5.16 Å². The van der Waals surface area contributed by atoms with Crippen molar-refractivity contribution in [1.82, 2.24) is 25.3 Å². The quantitative estimate of drug-likeness (QED) is 0.902. The topological polar surface area (TPSA) is 91.6 Å². The van der Waals surface area contributed by atoms with E-state index in [1.807, 2.05) is 13.8 Å². The van der Waals surface area contributed by atoms with Gasteiger partial charge < -0.3 is 19.6 Å². The molecule has 0 bridgehead atoms. The number of nitrogens with one attached hydrogen (secondary N) is 1. The van der Waals surface area contributed by atoms with Gasteiger partial charge >= 0.3 is 6.03 Å². The maximum Gasteiger partial charge on any atom is 0.319 e. The molecule has 0 radical (unpaired) electrons. The molecule has 0 aromatic carbocycles. The molecule has 1 N–H and O–H groups in total. The van der Waals surface area contributed by atoms with Crippen molar-refractivity contribution in [2.75, 3.05) is 20.6 Å². The molecule has 0 atom stereocenters. The van der Waals surface area contributed by atoms with Gasteiger partial charge in [-0.25, -0.2) is 4.79 Å². The van der Waals surface area contributed by atoms with Crippen LogP contribution in [0.2, 0.25) is 0 Å². The molecule has 0 saturated carbocycles.